The van der Waals surface area contributed by atoms with Crippen molar-refractivity contribution in [2.45, 2.75) is 154 Å². The Labute approximate surface area is 764 Å². The quantitative estimate of drug-likeness (QED) is 0.0220. The third-order valence-corrected chi connectivity index (χ3v) is 25.7. The fourth-order valence-corrected chi connectivity index (χ4v) is 18.7. The minimum absolute atomic E-state index is 0. The molecule has 6 aromatic carbocycles. The largest absolute Gasteiger partial charge is 0.481 e. The molecule has 125 heavy (non-hydrogen) atoms. The average molecular weight is 1810 g/mol. The van der Waals surface area contributed by atoms with E-state index in [0.29, 0.717) is 144 Å². The van der Waals surface area contributed by atoms with Gasteiger partial charge in [-0.25, -0.2) is 29.9 Å². The molecule has 7 heterocycles. The van der Waals surface area contributed by atoms with E-state index in [1.54, 1.807) is 42.7 Å². The SMILES string of the molecule is C.C.COc1nc(-c2cccc(-c3cccc(-c4ccc([C@@H](N)CCCO)c(OC)n4)c3Cl)c2Cl)ccc1C1CCCC1.COc1nc(-c2cccc(-c3cccc(-c4ccc([C@@H](N)CCCO)c(OC)n4)c3Cl)c2Cl)ccc1[C@@H](N)CCCO.COc1nc(-c2cccc(-c3cccc(-c4ccc([C@@H]5CCCN5)c(OC)n4)c3Cl)c2Cl)ccc1C1CCCC1. The molecule has 6 aromatic heterocycles. The fraction of sp³-hybridized carbons (Fsp3) is 0.340. The van der Waals surface area contributed by atoms with E-state index >= 15 is 0 Å². The van der Waals surface area contributed by atoms with Crippen LogP contribution in [0.2, 0.25) is 30.1 Å². The van der Waals surface area contributed by atoms with Crippen LogP contribution < -0.4 is 50.9 Å². The van der Waals surface area contributed by atoms with Crippen LogP contribution in [0.25, 0.3) is 101 Å². The molecule has 4 atom stereocenters. The number of nitrogens with two attached hydrogens (primary N) is 3. The van der Waals surface area contributed by atoms with Crippen LogP contribution in [0.5, 0.6) is 35.3 Å². The third kappa shape index (κ3) is 21.8. The number of aromatic nitrogens is 6. The highest BCUT2D eigenvalue weighted by Gasteiger charge is 2.29. The van der Waals surface area contributed by atoms with E-state index in [1.165, 1.54) is 62.5 Å². The number of benzene rings is 6. The van der Waals surface area contributed by atoms with Crippen LogP contribution in [0.15, 0.2) is 182 Å². The van der Waals surface area contributed by atoms with Gasteiger partial charge in [-0.05, 0) is 156 Å². The van der Waals surface area contributed by atoms with Gasteiger partial charge in [-0.15, -0.1) is 0 Å². The average Bonchev–Trinajstić information content (AvgIpc) is 1.72. The van der Waals surface area contributed by atoms with E-state index in [1.807, 2.05) is 158 Å². The molecule has 0 spiro atoms. The molecule has 3 aliphatic rings. The number of rotatable bonds is 30. The summed E-state index contributed by atoms with van der Waals surface area (Å²) in [6, 6.07) is 58.1. The number of aliphatic hydroxyl groups excluding tert-OH is 3. The molecule has 3 fully saturated rings. The van der Waals surface area contributed by atoms with E-state index in [-0.39, 0.29) is 58.8 Å². The summed E-state index contributed by atoms with van der Waals surface area (Å²) < 4.78 is 33.8. The topological polar surface area (TPSA) is 284 Å². The van der Waals surface area contributed by atoms with Gasteiger partial charge in [-0.1, -0.05) is 231 Å². The summed E-state index contributed by atoms with van der Waals surface area (Å²) in [7, 11) is 9.70. The molecule has 0 amide bonds. The summed E-state index contributed by atoms with van der Waals surface area (Å²) in [6.45, 7) is 1.24. The van der Waals surface area contributed by atoms with Crippen LogP contribution in [0.1, 0.15) is 187 Å². The molecule has 0 radical (unpaired) electrons. The van der Waals surface area contributed by atoms with Gasteiger partial charge in [0.15, 0.2) is 0 Å². The van der Waals surface area contributed by atoms with Crippen LogP contribution in [0.3, 0.4) is 0 Å². The zero-order valence-corrected chi connectivity index (χ0v) is 74.4. The van der Waals surface area contributed by atoms with E-state index in [9.17, 15) is 5.11 Å². The number of hydrogen-bond acceptors (Lipinski definition) is 19. The number of aliphatic hydroxyl groups is 3. The first-order chi connectivity index (χ1) is 59.9. The van der Waals surface area contributed by atoms with Crippen molar-refractivity contribution < 1.29 is 43.7 Å². The Morgan fingerprint density at radius 3 is 0.760 bits per heavy atom. The van der Waals surface area contributed by atoms with Gasteiger partial charge in [0.1, 0.15) is 0 Å². The van der Waals surface area contributed by atoms with Gasteiger partial charge in [0, 0.05) is 144 Å². The first-order valence-corrected chi connectivity index (χ1v) is 44.0. The normalized spacial score (nSPS) is 14.5. The van der Waals surface area contributed by atoms with Crippen molar-refractivity contribution in [1.29, 1.82) is 0 Å². The van der Waals surface area contributed by atoms with Gasteiger partial charge < -0.3 is 66.3 Å². The summed E-state index contributed by atoms with van der Waals surface area (Å²) in [5.74, 6) is 4.24. The summed E-state index contributed by atoms with van der Waals surface area (Å²) in [4.78, 5) is 28.7. The molecular weight excluding hydrogens is 1700 g/mol. The minimum Gasteiger partial charge on any atom is -0.481 e. The Balaban J connectivity index is 0.000000181. The first-order valence-electron chi connectivity index (χ1n) is 41.8. The lowest BCUT2D eigenvalue weighted by atomic mass is 9.96. The van der Waals surface area contributed by atoms with Crippen molar-refractivity contribution in [2.24, 2.45) is 17.2 Å². The number of halogens is 6. The molecule has 15 rings (SSSR count). The van der Waals surface area contributed by atoms with Crippen LogP contribution >= 0.6 is 69.6 Å². The predicted octanol–water partition coefficient (Wildman–Crippen LogP) is 24.7. The highest BCUT2D eigenvalue weighted by atomic mass is 35.5. The van der Waals surface area contributed by atoms with Crippen molar-refractivity contribution >= 4 is 69.6 Å². The summed E-state index contributed by atoms with van der Waals surface area (Å²) in [6.07, 6.45) is 15.6. The third-order valence-electron chi connectivity index (χ3n) is 23.3. The molecule has 19 nitrogen and oxygen atoms in total. The van der Waals surface area contributed by atoms with Crippen molar-refractivity contribution in [3.8, 4) is 136 Å². The van der Waals surface area contributed by atoms with Gasteiger partial charge >= 0.3 is 0 Å². The van der Waals surface area contributed by atoms with Crippen molar-refractivity contribution in [3.63, 3.8) is 0 Å². The highest BCUT2D eigenvalue weighted by molar-refractivity contribution is 6.41. The van der Waals surface area contributed by atoms with Gasteiger partial charge in [0.25, 0.3) is 0 Å². The Morgan fingerprint density at radius 2 is 0.528 bits per heavy atom. The molecule has 10 N–H and O–H groups in total. The second-order valence-corrected chi connectivity index (χ2v) is 33.1. The Morgan fingerprint density at radius 1 is 0.304 bits per heavy atom. The molecule has 0 unspecified atom stereocenters. The molecule has 2 aliphatic carbocycles. The summed E-state index contributed by atoms with van der Waals surface area (Å²) in [5, 5.41) is 34.3. The maximum absolute atomic E-state index is 9.17. The molecule has 1 aliphatic heterocycles. The monoisotopic (exact) mass is 1810 g/mol. The minimum atomic E-state index is -0.311. The van der Waals surface area contributed by atoms with E-state index in [4.69, 9.17) is 155 Å². The molecule has 25 heteroatoms. The zero-order valence-electron chi connectivity index (χ0n) is 69.9. The van der Waals surface area contributed by atoms with Gasteiger partial charge in [-0.3, -0.25) is 0 Å². The molecule has 658 valence electrons. The van der Waals surface area contributed by atoms with Crippen LogP contribution in [0, 0.1) is 0 Å². The summed E-state index contributed by atoms with van der Waals surface area (Å²) >= 11 is 42.2. The van der Waals surface area contributed by atoms with Gasteiger partial charge in [-0.2, -0.15) is 0 Å². The second kappa shape index (κ2) is 45.8. The Kier molecular flexibility index (Phi) is 35.2. The van der Waals surface area contributed by atoms with Crippen LogP contribution in [-0.2, 0) is 0 Å². The van der Waals surface area contributed by atoms with Crippen molar-refractivity contribution in [1.82, 2.24) is 35.2 Å². The van der Waals surface area contributed by atoms with Crippen molar-refractivity contribution in [2.75, 3.05) is 69.0 Å². The maximum atomic E-state index is 9.17. The molecule has 0 bridgehead atoms. The smallest absolute Gasteiger partial charge is 0.218 e. The number of hydrogen-bond donors (Lipinski definition) is 7. The fourth-order valence-electron chi connectivity index (χ4n) is 16.8. The Hall–Kier alpha value is -9.52. The van der Waals surface area contributed by atoms with Crippen LogP contribution in [-0.4, -0.2) is 114 Å². The summed E-state index contributed by atoms with van der Waals surface area (Å²) in [5.41, 5.74) is 38.3. The molecule has 1 saturated heterocycles. The molecular formula is C100H112Cl6N10O9. The second-order valence-electron chi connectivity index (χ2n) is 30.8. The first kappa shape index (κ1) is 96.1. The molecule has 2 saturated carbocycles. The number of nitrogens with one attached hydrogen (secondary N) is 1. The lowest BCUT2D eigenvalue weighted by molar-refractivity contribution is 0.279. The van der Waals surface area contributed by atoms with Crippen molar-refractivity contribution in [3.05, 3.63) is 246 Å². The van der Waals surface area contributed by atoms with E-state index < -0.39 is 0 Å². The predicted molar refractivity (Wildman–Crippen MR) is 510 cm³/mol. The maximum Gasteiger partial charge on any atom is 0.218 e. The number of pyridine rings is 6. The zero-order chi connectivity index (χ0) is 86.8. The highest BCUT2D eigenvalue weighted by Crippen LogP contribution is 2.50. The van der Waals surface area contributed by atoms with Crippen LogP contribution in [0.4, 0.5) is 0 Å². The standard InChI is InChI=1S/C33H35Cl2N3O3.C33H33Cl2N3O2.C32H36Cl2N4O4.2CH4/c1-40-32-21(20-8-3-4-9-20)15-17-28(37-32)25-12-5-10-22(30(25)34)23-11-6-13-26(31(23)35)29-18-16-24(33(38-29)41-2)27(36)14-7-19-39;1-39-32-21(20-8-3-4-9-20)15-17-28(37-32)24-12-5-10-22(30(24)34)23-11-6-13-25(31(23)35)29-18-16-26(33(38-29)40-2)27-14-7-19-36-27;1-41-31-21(25(35)11-5-17-39)13-15-27(37-31)23-9-3-7-19(29(23)33)20-8-4-10-24(30(20)34)28-16-14-22(32(38-28)42-2)26(36)12-6-18-40;;/h5-6,10-13,15-18,20,27,39H,3-4,7-9,14,19,36H2,1-2H3;5-6,10-13,15-18,20,27,36H,3-4,7-9,14,19H2,1-2H3;3-4,7-10,13-16,25-26,39-40H,5-6,11-12,17-18,35-36H2,1-2H3;2*1H4/t2*27-;25-,26-;;/m000../s1. The van der Waals surface area contributed by atoms with E-state index in [0.717, 1.165) is 114 Å². The number of methoxy groups -OCH3 is 6. The lowest BCUT2D eigenvalue weighted by Crippen LogP contribution is -2.14. The Bertz CT molecular complexity index is 5430. The molecule has 12 aromatic rings. The number of ether oxygens (including phenoxy) is 6. The van der Waals surface area contributed by atoms with E-state index in [2.05, 4.69) is 29.6 Å². The number of nitrogens with zero attached hydrogens (tertiary/aromatic N) is 6. The van der Waals surface area contributed by atoms with Gasteiger partial charge in [0.05, 0.1) is 107 Å². The van der Waals surface area contributed by atoms with Gasteiger partial charge in [0.2, 0.25) is 35.3 Å². The lowest BCUT2D eigenvalue weighted by Gasteiger charge is -2.17.